The Labute approximate surface area is 113 Å². The lowest BCUT2D eigenvalue weighted by Crippen LogP contribution is -2.09. The van der Waals surface area contributed by atoms with Crippen LogP contribution in [-0.4, -0.2) is 8.42 Å². The van der Waals surface area contributed by atoms with Crippen LogP contribution in [0.2, 0.25) is 0 Å². The highest BCUT2D eigenvalue weighted by Gasteiger charge is 2.16. The Hall–Kier alpha value is -2.25. The summed E-state index contributed by atoms with van der Waals surface area (Å²) < 4.78 is 29.1. The monoisotopic (exact) mass is 272 g/mol. The van der Waals surface area contributed by atoms with E-state index >= 15 is 0 Å². The molecule has 0 aromatic heterocycles. The fraction of sp³-hybridized carbons (Fsp3) is 0.0667. The van der Waals surface area contributed by atoms with Crippen molar-refractivity contribution >= 4 is 10.1 Å². The van der Waals surface area contributed by atoms with Crippen molar-refractivity contribution in [2.45, 2.75) is 11.8 Å². The van der Waals surface area contributed by atoms with Crippen molar-refractivity contribution in [1.82, 2.24) is 0 Å². The molecule has 0 aliphatic rings. The summed E-state index contributed by atoms with van der Waals surface area (Å²) in [6, 6.07) is 12.8. The number of hydrogen-bond donors (Lipinski definition) is 0. The zero-order valence-corrected chi connectivity index (χ0v) is 11.1. The molecule has 0 heterocycles. The first-order valence-corrected chi connectivity index (χ1v) is 7.00. The zero-order chi connectivity index (χ0) is 13.9. The number of hydrogen-bond acceptors (Lipinski definition) is 3. The van der Waals surface area contributed by atoms with Gasteiger partial charge in [-0.25, -0.2) is 0 Å². The molecule has 0 saturated carbocycles. The second kappa shape index (κ2) is 5.17. The molecule has 2 aromatic carbocycles. The Morgan fingerprint density at radius 3 is 2.11 bits per heavy atom. The molecule has 0 atom stereocenters. The van der Waals surface area contributed by atoms with E-state index in [0.717, 1.165) is 5.56 Å². The maximum absolute atomic E-state index is 12.0. The maximum Gasteiger partial charge on any atom is 0.339 e. The lowest BCUT2D eigenvalue weighted by atomic mass is 10.2. The predicted molar refractivity (Wildman–Crippen MR) is 73.4 cm³/mol. The van der Waals surface area contributed by atoms with E-state index in [2.05, 4.69) is 5.92 Å². The molecule has 0 radical (unpaired) electrons. The van der Waals surface area contributed by atoms with Crippen molar-refractivity contribution in [2.24, 2.45) is 0 Å². The molecule has 0 aliphatic carbocycles. The molecule has 0 amide bonds. The number of benzene rings is 2. The molecular weight excluding hydrogens is 260 g/mol. The molecule has 0 N–H and O–H groups in total. The van der Waals surface area contributed by atoms with Gasteiger partial charge >= 0.3 is 10.1 Å². The Morgan fingerprint density at radius 2 is 1.58 bits per heavy atom. The van der Waals surface area contributed by atoms with E-state index in [9.17, 15) is 8.42 Å². The summed E-state index contributed by atoms with van der Waals surface area (Å²) in [6.07, 6.45) is 5.22. The first-order valence-electron chi connectivity index (χ1n) is 5.59. The molecule has 3 nitrogen and oxygen atoms in total. The van der Waals surface area contributed by atoms with Crippen LogP contribution in [0.3, 0.4) is 0 Å². The van der Waals surface area contributed by atoms with Crippen molar-refractivity contribution in [3.63, 3.8) is 0 Å². The summed E-state index contributed by atoms with van der Waals surface area (Å²) >= 11 is 0. The van der Waals surface area contributed by atoms with Crippen LogP contribution in [0.15, 0.2) is 53.4 Å². The Bertz CT molecular complexity index is 705. The summed E-state index contributed by atoms with van der Waals surface area (Å²) in [5.74, 6) is 2.71. The third kappa shape index (κ3) is 3.15. The third-order valence-corrected chi connectivity index (χ3v) is 3.80. The van der Waals surface area contributed by atoms with Crippen molar-refractivity contribution < 1.29 is 12.6 Å². The minimum absolute atomic E-state index is 0.0760. The van der Waals surface area contributed by atoms with Gasteiger partial charge in [0.25, 0.3) is 0 Å². The Kier molecular flexibility index (Phi) is 3.59. The molecule has 4 heteroatoms. The van der Waals surface area contributed by atoms with Crippen LogP contribution in [0.4, 0.5) is 0 Å². The first kappa shape index (κ1) is 13.2. The van der Waals surface area contributed by atoms with Gasteiger partial charge in [0.2, 0.25) is 0 Å². The lowest BCUT2D eigenvalue weighted by Gasteiger charge is -2.07. The van der Waals surface area contributed by atoms with Gasteiger partial charge in [-0.05, 0) is 43.3 Å². The van der Waals surface area contributed by atoms with E-state index in [1.165, 1.54) is 12.1 Å². The highest BCUT2D eigenvalue weighted by atomic mass is 32.2. The molecule has 0 aliphatic heterocycles. The minimum atomic E-state index is -3.82. The van der Waals surface area contributed by atoms with Gasteiger partial charge in [0.15, 0.2) is 0 Å². The van der Waals surface area contributed by atoms with Gasteiger partial charge in [0.1, 0.15) is 10.6 Å². The van der Waals surface area contributed by atoms with Crippen LogP contribution in [0.25, 0.3) is 0 Å². The van der Waals surface area contributed by atoms with E-state index in [4.69, 9.17) is 10.6 Å². The Morgan fingerprint density at radius 1 is 1.00 bits per heavy atom. The average Bonchev–Trinajstić information content (AvgIpc) is 2.41. The average molecular weight is 272 g/mol. The van der Waals surface area contributed by atoms with Gasteiger partial charge in [-0.15, -0.1) is 6.42 Å². The summed E-state index contributed by atoms with van der Waals surface area (Å²) in [6.45, 7) is 1.91. The largest absolute Gasteiger partial charge is 0.379 e. The van der Waals surface area contributed by atoms with E-state index in [1.807, 2.05) is 6.92 Å². The van der Waals surface area contributed by atoms with Crippen LogP contribution in [-0.2, 0) is 10.1 Å². The summed E-state index contributed by atoms with van der Waals surface area (Å²) in [7, 11) is -3.82. The first-order chi connectivity index (χ1) is 9.01. The quantitative estimate of drug-likeness (QED) is 0.637. The van der Waals surface area contributed by atoms with E-state index in [1.54, 1.807) is 36.4 Å². The topological polar surface area (TPSA) is 43.4 Å². The number of aryl methyl sites for hydroxylation is 1. The van der Waals surface area contributed by atoms with Crippen LogP contribution in [0.5, 0.6) is 5.75 Å². The normalized spacial score (nSPS) is 10.7. The SMILES string of the molecule is C#Cc1ccc(S(=O)(=O)Oc2ccc(C)cc2)cc1. The van der Waals surface area contributed by atoms with Crippen molar-refractivity contribution in [2.75, 3.05) is 0 Å². The maximum atomic E-state index is 12.0. The highest BCUT2D eigenvalue weighted by Crippen LogP contribution is 2.19. The van der Waals surface area contributed by atoms with Crippen LogP contribution in [0, 0.1) is 19.3 Å². The summed E-state index contributed by atoms with van der Waals surface area (Å²) in [5.41, 5.74) is 1.65. The van der Waals surface area contributed by atoms with Crippen LogP contribution in [0.1, 0.15) is 11.1 Å². The lowest BCUT2D eigenvalue weighted by molar-refractivity contribution is 0.486. The molecule has 0 fully saturated rings. The third-order valence-electron chi connectivity index (χ3n) is 2.54. The standard InChI is InChI=1S/C15H12O3S/c1-3-13-6-10-15(11-7-13)19(16,17)18-14-8-4-12(2)5-9-14/h1,4-11H,2H3. The van der Waals surface area contributed by atoms with Gasteiger partial charge in [-0.1, -0.05) is 23.6 Å². The van der Waals surface area contributed by atoms with Gasteiger partial charge in [-0.3, -0.25) is 0 Å². The van der Waals surface area contributed by atoms with Crippen LogP contribution < -0.4 is 4.18 Å². The molecule has 0 bridgehead atoms. The van der Waals surface area contributed by atoms with Gasteiger partial charge < -0.3 is 4.18 Å². The molecule has 0 spiro atoms. The Balaban J connectivity index is 2.27. The predicted octanol–water partition coefficient (Wildman–Crippen LogP) is 2.74. The summed E-state index contributed by atoms with van der Waals surface area (Å²) in [4.78, 5) is 0.0760. The summed E-state index contributed by atoms with van der Waals surface area (Å²) in [5, 5.41) is 0. The minimum Gasteiger partial charge on any atom is -0.379 e. The molecular formula is C15H12O3S. The number of rotatable bonds is 3. The second-order valence-electron chi connectivity index (χ2n) is 4.02. The fourth-order valence-corrected chi connectivity index (χ4v) is 2.42. The highest BCUT2D eigenvalue weighted by molar-refractivity contribution is 7.87. The van der Waals surface area contributed by atoms with E-state index < -0.39 is 10.1 Å². The fourth-order valence-electron chi connectivity index (χ4n) is 1.49. The van der Waals surface area contributed by atoms with Gasteiger partial charge in [-0.2, -0.15) is 8.42 Å². The molecule has 0 unspecified atom stereocenters. The van der Waals surface area contributed by atoms with Crippen LogP contribution >= 0.6 is 0 Å². The molecule has 2 rings (SSSR count). The smallest absolute Gasteiger partial charge is 0.339 e. The zero-order valence-electron chi connectivity index (χ0n) is 10.3. The van der Waals surface area contributed by atoms with Crippen molar-refractivity contribution in [1.29, 1.82) is 0 Å². The molecule has 2 aromatic rings. The van der Waals surface area contributed by atoms with Gasteiger partial charge in [0.05, 0.1) is 0 Å². The second-order valence-corrected chi connectivity index (χ2v) is 5.57. The van der Waals surface area contributed by atoms with Crippen molar-refractivity contribution in [3.05, 3.63) is 59.7 Å². The molecule has 19 heavy (non-hydrogen) atoms. The van der Waals surface area contributed by atoms with E-state index in [-0.39, 0.29) is 10.6 Å². The molecule has 0 saturated heterocycles. The molecule has 96 valence electrons. The van der Waals surface area contributed by atoms with Gasteiger partial charge in [0, 0.05) is 5.56 Å². The van der Waals surface area contributed by atoms with Crippen molar-refractivity contribution in [3.8, 4) is 18.1 Å². The number of terminal acetylenes is 1. The van der Waals surface area contributed by atoms with E-state index in [0.29, 0.717) is 5.56 Å².